The van der Waals surface area contributed by atoms with Crippen molar-refractivity contribution in [1.29, 1.82) is 0 Å². The van der Waals surface area contributed by atoms with Crippen molar-refractivity contribution in [2.24, 2.45) is 11.8 Å². The lowest BCUT2D eigenvalue weighted by atomic mass is 10.1. The summed E-state index contributed by atoms with van der Waals surface area (Å²) >= 11 is 0. The fraction of sp³-hybridized carbons (Fsp3) is 0.350. The molecule has 2 aliphatic heterocycles. The van der Waals surface area contributed by atoms with Crippen LogP contribution in [0.25, 0.3) is 0 Å². The fourth-order valence-electron chi connectivity index (χ4n) is 6.76. The van der Waals surface area contributed by atoms with E-state index in [1.165, 1.54) is 57.1 Å². The zero-order valence-corrected chi connectivity index (χ0v) is 33.9. The van der Waals surface area contributed by atoms with Gasteiger partial charge >= 0.3 is 11.9 Å². The van der Waals surface area contributed by atoms with Crippen LogP contribution in [0.4, 0.5) is 11.4 Å². The number of carbonyl (C=O) groups is 2. The standard InChI is InChI=1S/2C20H22N2O6S/c2*1-14-3-9-19(10-4-14)29(26,27)21-12-15(2)11-18(21)13-28-20(23)16-5-7-17(8-6-16)22(24)25/h2*3-10,15,18H,11-13H2,1-2H3/t2*15-,18+/m10/s1. The minimum atomic E-state index is -3.70. The third-order valence-electron chi connectivity index (χ3n) is 9.84. The molecule has 18 heteroatoms. The number of aryl methyl sites for hydroxylation is 2. The molecule has 0 unspecified atom stereocenters. The molecule has 2 heterocycles. The summed E-state index contributed by atoms with van der Waals surface area (Å²) in [5, 5.41) is 21.4. The van der Waals surface area contributed by atoms with E-state index >= 15 is 0 Å². The van der Waals surface area contributed by atoms with E-state index in [-0.39, 0.29) is 57.3 Å². The molecule has 2 fully saturated rings. The highest BCUT2D eigenvalue weighted by Gasteiger charge is 2.40. The van der Waals surface area contributed by atoms with Crippen molar-refractivity contribution in [3.05, 3.63) is 140 Å². The zero-order chi connectivity index (χ0) is 42.4. The zero-order valence-electron chi connectivity index (χ0n) is 32.3. The molecule has 0 amide bonds. The highest BCUT2D eigenvalue weighted by molar-refractivity contribution is 7.89. The van der Waals surface area contributed by atoms with E-state index in [2.05, 4.69) is 0 Å². The molecule has 16 nitrogen and oxygen atoms in total. The highest BCUT2D eigenvalue weighted by atomic mass is 32.2. The van der Waals surface area contributed by atoms with E-state index in [1.54, 1.807) is 48.5 Å². The van der Waals surface area contributed by atoms with E-state index < -0.39 is 53.9 Å². The molecule has 4 aromatic rings. The van der Waals surface area contributed by atoms with Crippen molar-refractivity contribution >= 4 is 43.4 Å². The first kappa shape index (κ1) is 43.6. The lowest BCUT2D eigenvalue weighted by molar-refractivity contribution is -0.385. The molecule has 0 saturated carbocycles. The minimum absolute atomic E-state index is 0.0781. The number of nitrogens with zero attached hydrogens (tertiary/aromatic N) is 4. The van der Waals surface area contributed by atoms with Crippen LogP contribution in [-0.2, 0) is 29.5 Å². The smallest absolute Gasteiger partial charge is 0.338 e. The van der Waals surface area contributed by atoms with Gasteiger partial charge in [-0.3, -0.25) is 20.2 Å². The quantitative estimate of drug-likeness (QED) is 0.0871. The average Bonchev–Trinajstić information content (AvgIpc) is 3.78. The Labute approximate surface area is 336 Å². The van der Waals surface area contributed by atoms with Gasteiger partial charge in [0.25, 0.3) is 11.4 Å². The van der Waals surface area contributed by atoms with Crippen LogP contribution in [0.2, 0.25) is 0 Å². The van der Waals surface area contributed by atoms with Crippen LogP contribution in [0, 0.1) is 45.9 Å². The molecular weight excluding hydrogens is 793 g/mol. The molecule has 0 aromatic heterocycles. The largest absolute Gasteiger partial charge is 0.460 e. The molecule has 2 aliphatic rings. The van der Waals surface area contributed by atoms with Crippen molar-refractivity contribution in [1.82, 2.24) is 8.61 Å². The predicted molar refractivity (Wildman–Crippen MR) is 212 cm³/mol. The van der Waals surface area contributed by atoms with Gasteiger partial charge in [0, 0.05) is 37.4 Å². The summed E-state index contributed by atoms with van der Waals surface area (Å²) < 4.78 is 65.6. The number of nitro benzene ring substituents is 2. The van der Waals surface area contributed by atoms with Gasteiger partial charge in [-0.25, -0.2) is 26.4 Å². The molecule has 0 N–H and O–H groups in total. The third-order valence-corrected chi connectivity index (χ3v) is 13.7. The number of sulfonamides is 2. The summed E-state index contributed by atoms with van der Waals surface area (Å²) in [4.78, 5) is 45.3. The molecule has 0 spiro atoms. The van der Waals surface area contributed by atoms with Gasteiger partial charge in [0.1, 0.15) is 13.2 Å². The number of carbonyl (C=O) groups excluding carboxylic acids is 2. The Morgan fingerprint density at radius 1 is 0.586 bits per heavy atom. The number of hydrogen-bond acceptors (Lipinski definition) is 12. The number of nitro groups is 2. The van der Waals surface area contributed by atoms with E-state index in [4.69, 9.17) is 9.47 Å². The maximum Gasteiger partial charge on any atom is 0.338 e. The average molecular weight is 837 g/mol. The maximum absolute atomic E-state index is 13.0. The number of esters is 2. The van der Waals surface area contributed by atoms with Crippen LogP contribution in [0.3, 0.4) is 0 Å². The molecular formula is C40H44N4O12S2. The normalized spacial score (nSPS) is 19.8. The van der Waals surface area contributed by atoms with Crippen molar-refractivity contribution in [2.75, 3.05) is 26.3 Å². The molecule has 58 heavy (non-hydrogen) atoms. The summed E-state index contributed by atoms with van der Waals surface area (Å²) in [5.74, 6) is -1.02. The minimum Gasteiger partial charge on any atom is -0.460 e. The first-order valence-electron chi connectivity index (χ1n) is 18.4. The lowest BCUT2D eigenvalue weighted by Gasteiger charge is -2.24. The summed E-state index contributed by atoms with van der Waals surface area (Å²) in [5.41, 5.74) is 2.03. The highest BCUT2D eigenvalue weighted by Crippen LogP contribution is 2.31. The number of non-ortho nitro benzene ring substituents is 2. The van der Waals surface area contributed by atoms with Gasteiger partial charge in [0.05, 0.1) is 42.8 Å². The SMILES string of the molecule is Cc1ccc(S(=O)(=O)N2C[C@@H](C)C[C@@H]2COC(=O)c2ccc([N+](=O)[O-])cc2)cc1.Cc1ccc(S(=O)(=O)N2C[C@H](C)C[C@H]2COC(=O)c2ccc([N+](=O)[O-])cc2)cc1. The van der Waals surface area contributed by atoms with Gasteiger partial charge in [-0.2, -0.15) is 8.61 Å². The molecule has 6 rings (SSSR count). The van der Waals surface area contributed by atoms with Crippen LogP contribution in [0.15, 0.2) is 107 Å². The Morgan fingerprint density at radius 2 is 0.897 bits per heavy atom. The van der Waals surface area contributed by atoms with Crippen molar-refractivity contribution < 1.29 is 45.7 Å². The molecule has 0 radical (unpaired) electrons. The number of benzene rings is 4. The number of ether oxygens (including phenoxy) is 2. The topological polar surface area (TPSA) is 214 Å². The van der Waals surface area contributed by atoms with Crippen LogP contribution >= 0.6 is 0 Å². The van der Waals surface area contributed by atoms with Crippen molar-refractivity contribution in [3.63, 3.8) is 0 Å². The second-order valence-corrected chi connectivity index (χ2v) is 18.4. The number of rotatable bonds is 12. The summed E-state index contributed by atoms with van der Waals surface area (Å²) in [6.45, 7) is 8.23. The Balaban J connectivity index is 0.000000221. The molecule has 308 valence electrons. The lowest BCUT2D eigenvalue weighted by Crippen LogP contribution is -2.38. The van der Waals surface area contributed by atoms with Gasteiger partial charge < -0.3 is 9.47 Å². The first-order valence-corrected chi connectivity index (χ1v) is 21.2. The molecule has 0 aliphatic carbocycles. The monoisotopic (exact) mass is 836 g/mol. The molecule has 0 bridgehead atoms. The van der Waals surface area contributed by atoms with Crippen molar-refractivity contribution in [3.8, 4) is 0 Å². The fourth-order valence-corrected chi connectivity index (χ4v) is 10.2. The molecule has 2 saturated heterocycles. The van der Waals surface area contributed by atoms with Crippen molar-refractivity contribution in [2.45, 2.75) is 62.4 Å². The molecule has 4 atom stereocenters. The Hall–Kier alpha value is -5.56. The van der Waals surface area contributed by atoms with E-state index in [1.807, 2.05) is 27.7 Å². The van der Waals surface area contributed by atoms with E-state index in [9.17, 15) is 46.7 Å². The Bertz CT molecular complexity index is 2170. The van der Waals surface area contributed by atoms with Crippen LogP contribution in [-0.4, -0.2) is 85.6 Å². The van der Waals surface area contributed by atoms with Gasteiger partial charge in [-0.05, 0) is 87.1 Å². The van der Waals surface area contributed by atoms with Crippen LogP contribution < -0.4 is 0 Å². The molecule has 4 aromatic carbocycles. The summed E-state index contributed by atoms with van der Waals surface area (Å²) in [7, 11) is -7.40. The van der Waals surface area contributed by atoms with Crippen LogP contribution in [0.1, 0.15) is 58.5 Å². The summed E-state index contributed by atoms with van der Waals surface area (Å²) in [6, 6.07) is 22.5. The van der Waals surface area contributed by atoms with Crippen LogP contribution in [0.5, 0.6) is 0 Å². The maximum atomic E-state index is 13.0. The Morgan fingerprint density at radius 3 is 1.19 bits per heavy atom. The third kappa shape index (κ3) is 10.5. The first-order chi connectivity index (χ1) is 27.4. The van der Waals surface area contributed by atoms with Gasteiger partial charge in [-0.15, -0.1) is 0 Å². The van der Waals surface area contributed by atoms with Gasteiger partial charge in [0.2, 0.25) is 20.0 Å². The second kappa shape index (κ2) is 18.4. The second-order valence-electron chi connectivity index (χ2n) is 14.6. The Kier molecular flexibility index (Phi) is 13.8. The van der Waals surface area contributed by atoms with E-state index in [0.717, 1.165) is 11.1 Å². The van der Waals surface area contributed by atoms with Gasteiger partial charge in [0.15, 0.2) is 0 Å². The van der Waals surface area contributed by atoms with E-state index in [0.29, 0.717) is 25.9 Å². The number of hydrogen-bond donors (Lipinski definition) is 0. The predicted octanol–water partition coefficient (Wildman–Crippen LogP) is 6.32. The van der Waals surface area contributed by atoms with Gasteiger partial charge in [-0.1, -0.05) is 49.2 Å². The summed E-state index contributed by atoms with van der Waals surface area (Å²) in [6.07, 6.45) is 1.16.